The molecule has 9 rings (SSSR count). The van der Waals surface area contributed by atoms with E-state index in [1.807, 2.05) is 140 Å². The molecule has 3 aromatic heterocycles. The number of thiazole rings is 1. The monoisotopic (exact) mass is 1300 g/mol. The molecule has 5 aromatic carbocycles. The summed E-state index contributed by atoms with van der Waals surface area (Å²) in [5, 5.41) is 19.3. The van der Waals surface area contributed by atoms with Gasteiger partial charge in [-0.3, -0.25) is 38.7 Å². The van der Waals surface area contributed by atoms with E-state index in [2.05, 4.69) is 36.1 Å². The summed E-state index contributed by atoms with van der Waals surface area (Å²) in [5.41, 5.74) is 42.3. The van der Waals surface area contributed by atoms with Gasteiger partial charge in [-0.15, -0.1) is 21.5 Å². The van der Waals surface area contributed by atoms with Crippen LogP contribution in [0.2, 0.25) is 0 Å². The number of nitrogens with zero attached hydrogens (tertiary/aromatic N) is 5. The number of rotatable bonds is 34. The van der Waals surface area contributed by atoms with Gasteiger partial charge in [0, 0.05) is 29.3 Å². The third-order valence-electron chi connectivity index (χ3n) is 15.9. The molecule has 0 radical (unpaired) electrons. The topological polar surface area (TPSA) is 359 Å². The first kappa shape index (κ1) is 72.2. The number of aromatic nitrogens is 5. The van der Waals surface area contributed by atoms with Crippen LogP contribution in [0.15, 0.2) is 152 Å². The Balaban J connectivity index is 0.000000198. The van der Waals surface area contributed by atoms with Gasteiger partial charge in [0.2, 0.25) is 17.7 Å². The molecule has 0 bridgehead atoms. The van der Waals surface area contributed by atoms with Crippen LogP contribution >= 0.6 is 22.7 Å². The van der Waals surface area contributed by atoms with Gasteiger partial charge < -0.3 is 50.4 Å². The SMILES string of the molecule is NCCC[C@H](N)C(=O)N[C@H](CCc1ccccc1)C(=O)Cc1ccc2nccnc2c1.NCCC[C@H](N)C(=O)N[C@H](CCc1ccccc1)C(=O)Cc1nc2c(s1)CCCC2.NCCC[C@H](N)C(=O)N[C@H](CCc1ccccc1)C(=O)Cc1nnc(-c2ccccc2)s1. The van der Waals surface area contributed by atoms with Gasteiger partial charge in [-0.2, -0.15) is 0 Å². The number of amides is 3. The summed E-state index contributed by atoms with van der Waals surface area (Å²) in [6.45, 7) is 1.44. The van der Waals surface area contributed by atoms with Crippen LogP contribution in [0.1, 0.15) is 113 Å². The van der Waals surface area contributed by atoms with E-state index in [1.54, 1.807) is 23.7 Å². The molecule has 8 aromatic rings. The average molecular weight is 1300 g/mol. The summed E-state index contributed by atoms with van der Waals surface area (Å²) >= 11 is 3.04. The number of aryl methyl sites for hydroxylation is 5. The van der Waals surface area contributed by atoms with E-state index in [0.29, 0.717) is 102 Å². The van der Waals surface area contributed by atoms with Crippen molar-refractivity contribution in [2.24, 2.45) is 34.4 Å². The largest absolute Gasteiger partial charge is 0.345 e. The normalized spacial score (nSPS) is 13.7. The van der Waals surface area contributed by atoms with Gasteiger partial charge in [-0.25, -0.2) is 4.98 Å². The Kier molecular flexibility index (Phi) is 30.6. The molecule has 0 unspecified atom stereocenters. The van der Waals surface area contributed by atoms with E-state index < -0.39 is 36.3 Å². The van der Waals surface area contributed by atoms with Crippen LogP contribution in [0.3, 0.4) is 0 Å². The maximum absolute atomic E-state index is 13.1. The molecule has 3 heterocycles. The van der Waals surface area contributed by atoms with Crippen LogP contribution in [-0.2, 0) is 80.1 Å². The van der Waals surface area contributed by atoms with Crippen molar-refractivity contribution in [3.63, 3.8) is 0 Å². The van der Waals surface area contributed by atoms with Crippen molar-refractivity contribution < 1.29 is 28.8 Å². The molecule has 0 saturated carbocycles. The van der Waals surface area contributed by atoms with Crippen LogP contribution in [0.25, 0.3) is 21.6 Å². The molecule has 1 aliphatic rings. The molecular weight excluding hydrogens is 1210 g/mol. The molecule has 15 N–H and O–H groups in total. The Morgan fingerprint density at radius 3 is 1.31 bits per heavy atom. The summed E-state index contributed by atoms with van der Waals surface area (Å²) in [6, 6.07) is 41.3. The van der Waals surface area contributed by atoms with Crippen LogP contribution in [0.4, 0.5) is 0 Å². The summed E-state index contributed by atoms with van der Waals surface area (Å²) in [7, 11) is 0. The fourth-order valence-corrected chi connectivity index (χ4v) is 12.6. The predicted molar refractivity (Wildman–Crippen MR) is 369 cm³/mol. The Labute approximate surface area is 553 Å². The summed E-state index contributed by atoms with van der Waals surface area (Å²) < 4.78 is 0. The minimum Gasteiger partial charge on any atom is -0.345 e. The first-order chi connectivity index (χ1) is 45.2. The summed E-state index contributed by atoms with van der Waals surface area (Å²) in [4.78, 5) is 91.6. The van der Waals surface area contributed by atoms with Gasteiger partial charge in [-0.1, -0.05) is 139 Å². The molecule has 22 heteroatoms. The first-order valence-electron chi connectivity index (χ1n) is 32.2. The molecule has 93 heavy (non-hydrogen) atoms. The lowest BCUT2D eigenvalue weighted by molar-refractivity contribution is -0.128. The maximum atomic E-state index is 13.1. The number of carbonyl (C=O) groups excluding carboxylic acids is 6. The Bertz CT molecular complexity index is 3560. The molecule has 0 spiro atoms. The van der Waals surface area contributed by atoms with Gasteiger partial charge in [0.25, 0.3) is 0 Å². The molecule has 20 nitrogen and oxygen atoms in total. The number of fused-ring (bicyclic) bond motifs is 2. The smallest absolute Gasteiger partial charge is 0.237 e. The summed E-state index contributed by atoms with van der Waals surface area (Å²) in [5.74, 6) is -1.09. The minimum atomic E-state index is -0.684. The summed E-state index contributed by atoms with van der Waals surface area (Å²) in [6.07, 6.45) is 15.3. The zero-order valence-corrected chi connectivity index (χ0v) is 54.6. The van der Waals surface area contributed by atoms with E-state index in [1.165, 1.54) is 29.1 Å². The molecule has 0 saturated heterocycles. The molecule has 0 fully saturated rings. The van der Waals surface area contributed by atoms with Crippen molar-refractivity contribution >= 4 is 68.8 Å². The van der Waals surface area contributed by atoms with Crippen LogP contribution in [0, 0.1) is 0 Å². The lowest BCUT2D eigenvalue weighted by atomic mass is 9.97. The van der Waals surface area contributed by atoms with E-state index in [-0.39, 0.29) is 54.3 Å². The average Bonchev–Trinajstić information content (AvgIpc) is 1.96. The number of benzene rings is 5. The first-order valence-corrected chi connectivity index (χ1v) is 33.9. The molecule has 492 valence electrons. The fourth-order valence-electron chi connectivity index (χ4n) is 10.5. The number of carbonyl (C=O) groups is 6. The van der Waals surface area contributed by atoms with Crippen molar-refractivity contribution in [3.05, 3.63) is 195 Å². The van der Waals surface area contributed by atoms with Crippen molar-refractivity contribution in [3.8, 4) is 10.6 Å². The number of hydrogen-bond donors (Lipinski definition) is 9. The Hall–Kier alpha value is -8.19. The maximum Gasteiger partial charge on any atom is 0.237 e. The van der Waals surface area contributed by atoms with Gasteiger partial charge in [0.05, 0.1) is 65.8 Å². The van der Waals surface area contributed by atoms with Gasteiger partial charge >= 0.3 is 0 Å². The third-order valence-corrected chi connectivity index (χ3v) is 18.0. The highest BCUT2D eigenvalue weighted by atomic mass is 32.1. The lowest BCUT2D eigenvalue weighted by Gasteiger charge is -2.20. The number of Topliss-reactive ketones (excluding diaryl/α,β-unsaturated/α-hetero) is 3. The fraction of sp³-hybridized carbons (Fsp3) is 0.394. The van der Waals surface area contributed by atoms with E-state index in [4.69, 9.17) is 39.4 Å². The lowest BCUT2D eigenvalue weighted by Crippen LogP contribution is -2.49. The molecule has 0 aliphatic heterocycles. The van der Waals surface area contributed by atoms with Gasteiger partial charge in [-0.05, 0) is 157 Å². The predicted octanol–water partition coefficient (Wildman–Crippen LogP) is 6.74. The number of ketones is 3. The highest BCUT2D eigenvalue weighted by molar-refractivity contribution is 7.14. The van der Waals surface area contributed by atoms with Gasteiger partial charge in [0.15, 0.2) is 17.3 Å². The standard InChI is InChI=1S/C24H29N5O2S.C24H29N5O2.C23H32N4O2S/c25-15-7-12-19(26)23(31)27-20(14-13-17-8-3-1-4-9-17)21(30)16-22-28-29-24(32-22)18-10-5-2-6-11-18;25-12-4-7-19(26)24(31)29-21(11-8-17-5-2-1-3-6-17)23(30)16-18-9-10-20-22(15-18)28-14-13-27-20;24-14-6-9-17(25)23(29)27-18(13-12-16-7-2-1-3-8-16)20(28)15-22-26-19-10-4-5-11-21(19)30-22/h1-6,8-11,19-20H,7,12-16,25-26H2,(H,27,31);1-3,5-6,9-10,13-15,19,21H,4,7-8,11-12,16,25-26H2,(H,29,31);1-3,7-8,17-18H,4-6,9-15,24-25H2,(H,27,29)/t19-,20+;19-,21+;17-,18+/m000/s1. The molecule has 1 aliphatic carbocycles. The number of hydrogen-bond acceptors (Lipinski definition) is 19. The highest BCUT2D eigenvalue weighted by Crippen LogP contribution is 2.28. The Morgan fingerprint density at radius 2 is 0.860 bits per heavy atom. The van der Waals surface area contributed by atoms with Crippen LogP contribution in [-0.4, -0.2) is 116 Å². The van der Waals surface area contributed by atoms with E-state index >= 15 is 0 Å². The zero-order chi connectivity index (χ0) is 66.2. The van der Waals surface area contributed by atoms with Crippen molar-refractivity contribution in [1.29, 1.82) is 0 Å². The second-order valence-electron chi connectivity index (χ2n) is 23.2. The third kappa shape index (κ3) is 24.7. The zero-order valence-electron chi connectivity index (χ0n) is 52.9. The van der Waals surface area contributed by atoms with E-state index in [0.717, 1.165) is 67.4 Å². The van der Waals surface area contributed by atoms with Gasteiger partial charge in [0.1, 0.15) is 15.0 Å². The second kappa shape index (κ2) is 39.4. The molecule has 3 amide bonds. The minimum absolute atomic E-state index is 0.00333. The number of nitrogens with two attached hydrogens (primary N) is 6. The Morgan fingerprint density at radius 1 is 0.441 bits per heavy atom. The molecule has 6 atom stereocenters. The van der Waals surface area contributed by atoms with Crippen molar-refractivity contribution in [1.82, 2.24) is 41.1 Å². The quantitative estimate of drug-likeness (QED) is 0.0201. The second-order valence-corrected chi connectivity index (χ2v) is 25.5. The van der Waals surface area contributed by atoms with Crippen molar-refractivity contribution in [2.45, 2.75) is 158 Å². The van der Waals surface area contributed by atoms with Crippen LogP contribution in [0.5, 0.6) is 0 Å². The van der Waals surface area contributed by atoms with E-state index in [9.17, 15) is 28.8 Å². The van der Waals surface area contributed by atoms with Crippen molar-refractivity contribution in [2.75, 3.05) is 19.6 Å². The molecular formula is C71H90N14O6S2. The number of nitrogens with one attached hydrogen (secondary N) is 3. The highest BCUT2D eigenvalue weighted by Gasteiger charge is 2.28. The van der Waals surface area contributed by atoms with Crippen LogP contribution < -0.4 is 50.4 Å².